The van der Waals surface area contributed by atoms with E-state index in [1.165, 1.54) is 19.3 Å². The SMILES string of the molecule is C=CCC.CCCCCCNC=O. The Hall–Kier alpha value is -0.790. The normalized spacial score (nSPS) is 8.15. The number of amides is 1. The predicted molar refractivity (Wildman–Crippen MR) is 58.7 cm³/mol. The molecule has 0 fully saturated rings. The van der Waals surface area contributed by atoms with E-state index in [4.69, 9.17) is 0 Å². The van der Waals surface area contributed by atoms with Crippen molar-refractivity contribution in [2.45, 2.75) is 46.0 Å². The van der Waals surface area contributed by atoms with E-state index in [9.17, 15) is 4.79 Å². The largest absolute Gasteiger partial charge is 0.359 e. The van der Waals surface area contributed by atoms with Gasteiger partial charge in [0.15, 0.2) is 0 Å². The van der Waals surface area contributed by atoms with Crippen molar-refractivity contribution in [2.75, 3.05) is 6.54 Å². The molecule has 78 valence electrons. The molecule has 0 atom stereocenters. The summed E-state index contributed by atoms with van der Waals surface area (Å²) in [4.78, 5) is 9.73. The maximum atomic E-state index is 9.73. The van der Waals surface area contributed by atoms with Crippen LogP contribution in [-0.4, -0.2) is 13.0 Å². The van der Waals surface area contributed by atoms with Gasteiger partial charge in [-0.3, -0.25) is 4.79 Å². The highest BCUT2D eigenvalue weighted by molar-refractivity contribution is 5.45. The number of allylic oxidation sites excluding steroid dienone is 1. The van der Waals surface area contributed by atoms with Crippen LogP contribution in [0.25, 0.3) is 0 Å². The van der Waals surface area contributed by atoms with Gasteiger partial charge in [0.1, 0.15) is 0 Å². The van der Waals surface area contributed by atoms with Gasteiger partial charge in [-0.05, 0) is 12.8 Å². The molecule has 0 aliphatic rings. The third-order valence-electron chi connectivity index (χ3n) is 1.55. The van der Waals surface area contributed by atoms with Gasteiger partial charge < -0.3 is 5.32 Å². The van der Waals surface area contributed by atoms with Crippen molar-refractivity contribution in [1.29, 1.82) is 0 Å². The van der Waals surface area contributed by atoms with Gasteiger partial charge in [0, 0.05) is 6.54 Å². The van der Waals surface area contributed by atoms with Crippen LogP contribution in [0, 0.1) is 0 Å². The topological polar surface area (TPSA) is 29.1 Å². The van der Waals surface area contributed by atoms with Gasteiger partial charge in [0.05, 0.1) is 0 Å². The van der Waals surface area contributed by atoms with Gasteiger partial charge in [0.2, 0.25) is 6.41 Å². The summed E-state index contributed by atoms with van der Waals surface area (Å²) in [6.45, 7) is 8.55. The maximum absolute atomic E-state index is 9.73. The Kier molecular flexibility index (Phi) is 19.6. The molecule has 0 aliphatic heterocycles. The van der Waals surface area contributed by atoms with Crippen LogP contribution < -0.4 is 5.32 Å². The lowest BCUT2D eigenvalue weighted by atomic mass is 10.2. The highest BCUT2D eigenvalue weighted by Crippen LogP contribution is 1.96. The first kappa shape index (κ1) is 14.7. The van der Waals surface area contributed by atoms with Crippen LogP contribution >= 0.6 is 0 Å². The van der Waals surface area contributed by atoms with Gasteiger partial charge in [-0.25, -0.2) is 0 Å². The van der Waals surface area contributed by atoms with Crippen molar-refractivity contribution < 1.29 is 4.79 Å². The molecule has 0 aromatic carbocycles. The zero-order valence-corrected chi connectivity index (χ0v) is 9.01. The first-order valence-electron chi connectivity index (χ1n) is 5.11. The molecule has 0 aliphatic carbocycles. The fraction of sp³-hybridized carbons (Fsp3) is 0.727. The maximum Gasteiger partial charge on any atom is 0.207 e. The molecule has 2 heteroatoms. The minimum absolute atomic E-state index is 0.756. The van der Waals surface area contributed by atoms with Gasteiger partial charge in [-0.1, -0.05) is 39.2 Å². The molecular formula is C11H23NO. The lowest BCUT2D eigenvalue weighted by molar-refractivity contribution is -0.109. The molecule has 1 amide bonds. The molecular weight excluding hydrogens is 162 g/mol. The van der Waals surface area contributed by atoms with E-state index in [2.05, 4.69) is 25.7 Å². The van der Waals surface area contributed by atoms with Crippen molar-refractivity contribution in [3.63, 3.8) is 0 Å². The summed E-state index contributed by atoms with van der Waals surface area (Å²) in [5.41, 5.74) is 0. The molecule has 0 bridgehead atoms. The zero-order chi connectivity index (χ0) is 10.4. The van der Waals surface area contributed by atoms with Crippen molar-refractivity contribution >= 4 is 6.41 Å². The molecule has 0 unspecified atom stereocenters. The molecule has 0 aromatic heterocycles. The van der Waals surface area contributed by atoms with Gasteiger partial charge in [-0.2, -0.15) is 0 Å². The molecule has 0 saturated heterocycles. The van der Waals surface area contributed by atoms with Crippen LogP contribution in [0.3, 0.4) is 0 Å². The molecule has 13 heavy (non-hydrogen) atoms. The zero-order valence-electron chi connectivity index (χ0n) is 9.01. The Balaban J connectivity index is 0. The Labute approximate surface area is 82.4 Å². The third kappa shape index (κ3) is 24.7. The molecule has 1 N–H and O–H groups in total. The summed E-state index contributed by atoms with van der Waals surface area (Å²) < 4.78 is 0. The van der Waals surface area contributed by atoms with Crippen LogP contribution in [0.2, 0.25) is 0 Å². The number of hydrogen-bond donors (Lipinski definition) is 1. The molecule has 0 rings (SSSR count). The number of rotatable bonds is 7. The Morgan fingerprint density at radius 3 is 2.23 bits per heavy atom. The standard InChI is InChI=1S/C7H15NO.C4H8/c1-2-3-4-5-6-8-7-9;1-3-4-2/h7H,2-6H2,1H3,(H,8,9);3H,1,4H2,2H3. The fourth-order valence-electron chi connectivity index (χ4n) is 0.713. The number of carbonyl (C=O) groups is 1. The quantitative estimate of drug-likeness (QED) is 0.369. The van der Waals surface area contributed by atoms with Gasteiger partial charge in [-0.15, -0.1) is 6.58 Å². The molecule has 2 nitrogen and oxygen atoms in total. The second-order valence-electron chi connectivity index (χ2n) is 2.83. The summed E-state index contributed by atoms with van der Waals surface area (Å²) in [7, 11) is 0. The van der Waals surface area contributed by atoms with E-state index >= 15 is 0 Å². The monoisotopic (exact) mass is 185 g/mol. The van der Waals surface area contributed by atoms with E-state index in [0.29, 0.717) is 0 Å². The fourth-order valence-corrected chi connectivity index (χ4v) is 0.713. The first-order chi connectivity index (χ1) is 6.33. The van der Waals surface area contributed by atoms with Crippen molar-refractivity contribution in [1.82, 2.24) is 5.32 Å². The van der Waals surface area contributed by atoms with Crippen LogP contribution in [0.15, 0.2) is 12.7 Å². The lowest BCUT2D eigenvalue weighted by Gasteiger charge is -1.96. The van der Waals surface area contributed by atoms with Crippen molar-refractivity contribution in [3.8, 4) is 0 Å². The van der Waals surface area contributed by atoms with Crippen molar-refractivity contribution in [3.05, 3.63) is 12.7 Å². The van der Waals surface area contributed by atoms with Crippen LogP contribution in [0.1, 0.15) is 46.0 Å². The second kappa shape index (κ2) is 17.3. The van der Waals surface area contributed by atoms with Gasteiger partial charge >= 0.3 is 0 Å². The molecule has 0 heterocycles. The lowest BCUT2D eigenvalue weighted by Crippen LogP contribution is -2.11. The summed E-state index contributed by atoms with van der Waals surface area (Å²) in [5, 5.41) is 2.63. The minimum Gasteiger partial charge on any atom is -0.359 e. The summed E-state index contributed by atoms with van der Waals surface area (Å²) in [5.74, 6) is 0. The van der Waals surface area contributed by atoms with E-state index in [1.54, 1.807) is 0 Å². The Morgan fingerprint density at radius 1 is 1.23 bits per heavy atom. The molecule has 0 aromatic rings. The van der Waals surface area contributed by atoms with Gasteiger partial charge in [0.25, 0.3) is 0 Å². The first-order valence-corrected chi connectivity index (χ1v) is 5.11. The van der Waals surface area contributed by atoms with Crippen LogP contribution in [0.5, 0.6) is 0 Å². The predicted octanol–water partition coefficient (Wildman–Crippen LogP) is 2.90. The highest BCUT2D eigenvalue weighted by Gasteiger charge is 1.84. The number of carbonyl (C=O) groups excluding carboxylic acids is 1. The molecule has 0 spiro atoms. The number of hydrogen-bond acceptors (Lipinski definition) is 1. The Bertz CT molecular complexity index is 102. The third-order valence-corrected chi connectivity index (χ3v) is 1.55. The Morgan fingerprint density at radius 2 is 1.85 bits per heavy atom. The average Bonchev–Trinajstić information content (AvgIpc) is 2.18. The van der Waals surface area contributed by atoms with Crippen LogP contribution in [-0.2, 0) is 4.79 Å². The second-order valence-corrected chi connectivity index (χ2v) is 2.83. The summed E-state index contributed by atoms with van der Waals surface area (Å²) >= 11 is 0. The smallest absolute Gasteiger partial charge is 0.207 e. The number of nitrogens with one attached hydrogen (secondary N) is 1. The van der Waals surface area contributed by atoms with Crippen molar-refractivity contribution in [2.24, 2.45) is 0 Å². The van der Waals surface area contributed by atoms with Crippen LogP contribution in [0.4, 0.5) is 0 Å². The number of unbranched alkanes of at least 4 members (excludes halogenated alkanes) is 3. The molecule has 0 saturated carbocycles. The van der Waals surface area contributed by atoms with E-state index in [0.717, 1.165) is 25.8 Å². The average molecular weight is 185 g/mol. The summed E-state index contributed by atoms with van der Waals surface area (Å²) in [6, 6.07) is 0. The van der Waals surface area contributed by atoms with E-state index < -0.39 is 0 Å². The van der Waals surface area contributed by atoms with E-state index in [1.807, 2.05) is 6.08 Å². The minimum atomic E-state index is 0.756. The van der Waals surface area contributed by atoms with E-state index in [-0.39, 0.29) is 0 Å². The summed E-state index contributed by atoms with van der Waals surface area (Å²) in [6.07, 6.45) is 8.59. The highest BCUT2D eigenvalue weighted by atomic mass is 16.1. The molecule has 0 radical (unpaired) electrons.